The highest BCUT2D eigenvalue weighted by atomic mass is 16.2. The predicted molar refractivity (Wildman–Crippen MR) is 99.2 cm³/mol. The van der Waals surface area contributed by atoms with Gasteiger partial charge in [0.05, 0.1) is 11.5 Å². The van der Waals surface area contributed by atoms with Crippen LogP contribution in [0, 0.1) is 5.92 Å². The first kappa shape index (κ1) is 18.0. The van der Waals surface area contributed by atoms with Gasteiger partial charge in [-0.1, -0.05) is 49.6 Å². The normalized spacial score (nSPS) is 22.2. The summed E-state index contributed by atoms with van der Waals surface area (Å²) in [5.41, 5.74) is 0.400. The molecule has 0 spiro atoms. The molecule has 1 aromatic rings. The molecule has 2 aliphatic rings. The van der Waals surface area contributed by atoms with Crippen molar-refractivity contribution in [3.63, 3.8) is 0 Å². The van der Waals surface area contributed by atoms with Crippen molar-refractivity contribution in [2.45, 2.75) is 63.8 Å². The Morgan fingerprint density at radius 3 is 2.52 bits per heavy atom. The molecular weight excluding hydrogens is 312 g/mol. The second-order valence-corrected chi connectivity index (χ2v) is 8.17. The van der Waals surface area contributed by atoms with Crippen LogP contribution in [0.2, 0.25) is 0 Å². The number of rotatable bonds is 5. The molecule has 3 rings (SSSR count). The third kappa shape index (κ3) is 4.23. The summed E-state index contributed by atoms with van der Waals surface area (Å²) in [6.07, 6.45) is 6.82. The summed E-state index contributed by atoms with van der Waals surface area (Å²) in [6, 6.07) is 9.76. The van der Waals surface area contributed by atoms with E-state index in [0.717, 1.165) is 12.1 Å². The fraction of sp³-hybridized carbons (Fsp3) is 0.619. The van der Waals surface area contributed by atoms with Crippen LogP contribution in [0.3, 0.4) is 0 Å². The van der Waals surface area contributed by atoms with E-state index in [1.807, 2.05) is 49.1 Å². The molecule has 2 fully saturated rings. The Kier molecular flexibility index (Phi) is 5.45. The molecule has 1 heterocycles. The van der Waals surface area contributed by atoms with Crippen LogP contribution in [-0.4, -0.2) is 35.8 Å². The molecule has 1 atom stereocenters. The van der Waals surface area contributed by atoms with Crippen LogP contribution in [-0.2, 0) is 15.0 Å². The minimum Gasteiger partial charge on any atom is -0.350 e. The van der Waals surface area contributed by atoms with Gasteiger partial charge in [0, 0.05) is 19.5 Å². The Balaban J connectivity index is 1.56. The highest BCUT2D eigenvalue weighted by Gasteiger charge is 2.36. The van der Waals surface area contributed by atoms with E-state index in [1.165, 1.54) is 32.1 Å². The maximum atomic E-state index is 12.8. The number of likely N-dealkylation sites (tertiary alicyclic amines) is 1. The fourth-order valence-corrected chi connectivity index (χ4v) is 4.08. The van der Waals surface area contributed by atoms with Crippen molar-refractivity contribution in [1.29, 1.82) is 0 Å². The van der Waals surface area contributed by atoms with E-state index in [4.69, 9.17) is 0 Å². The van der Waals surface area contributed by atoms with Crippen LogP contribution in [0.15, 0.2) is 30.3 Å². The Morgan fingerprint density at radius 2 is 1.84 bits per heavy atom. The molecule has 0 unspecified atom stereocenters. The summed E-state index contributed by atoms with van der Waals surface area (Å²) < 4.78 is 0. The monoisotopic (exact) mass is 342 g/mol. The van der Waals surface area contributed by atoms with E-state index in [-0.39, 0.29) is 17.9 Å². The number of benzene rings is 1. The molecule has 0 radical (unpaired) electrons. The average Bonchev–Trinajstić information content (AvgIpc) is 2.95. The Labute approximate surface area is 151 Å². The maximum Gasteiger partial charge on any atom is 0.230 e. The summed E-state index contributed by atoms with van der Waals surface area (Å²) in [4.78, 5) is 27.1. The standard InChI is InChI=1S/C21H30N2O2/c1-21(2,17-11-7-4-8-12-17)20(25)22-18-13-19(24)23(15-18)14-16-9-5-3-6-10-16/h4,7-8,11-12,16,18H,3,5-6,9-10,13-15H2,1-2H3,(H,22,25)/t18-/m1/s1. The molecule has 0 bridgehead atoms. The van der Waals surface area contributed by atoms with Gasteiger partial charge < -0.3 is 10.2 Å². The molecule has 136 valence electrons. The lowest BCUT2D eigenvalue weighted by Gasteiger charge is -2.28. The average molecular weight is 342 g/mol. The number of hydrogen-bond acceptors (Lipinski definition) is 2. The van der Waals surface area contributed by atoms with Crippen LogP contribution in [0.25, 0.3) is 0 Å². The summed E-state index contributed by atoms with van der Waals surface area (Å²) in [5.74, 6) is 0.831. The molecule has 4 heteroatoms. The van der Waals surface area contributed by atoms with Gasteiger partial charge in [0.15, 0.2) is 0 Å². The molecule has 25 heavy (non-hydrogen) atoms. The Hall–Kier alpha value is -1.84. The van der Waals surface area contributed by atoms with Gasteiger partial charge in [-0.2, -0.15) is 0 Å². The third-order valence-electron chi connectivity index (χ3n) is 5.82. The van der Waals surface area contributed by atoms with Gasteiger partial charge in [0.2, 0.25) is 11.8 Å². The number of nitrogens with one attached hydrogen (secondary N) is 1. The van der Waals surface area contributed by atoms with Crippen molar-refractivity contribution in [3.05, 3.63) is 35.9 Å². The molecule has 1 aliphatic heterocycles. The third-order valence-corrected chi connectivity index (χ3v) is 5.82. The minimum atomic E-state index is -0.596. The van der Waals surface area contributed by atoms with Crippen LogP contribution >= 0.6 is 0 Å². The second-order valence-electron chi connectivity index (χ2n) is 8.17. The summed E-state index contributed by atoms with van der Waals surface area (Å²) in [6.45, 7) is 5.40. The SMILES string of the molecule is CC(C)(C(=O)N[C@@H]1CC(=O)N(CC2CCCCC2)C1)c1ccccc1. The highest BCUT2D eigenvalue weighted by Crippen LogP contribution is 2.27. The molecule has 1 saturated carbocycles. The van der Waals surface area contributed by atoms with Gasteiger partial charge >= 0.3 is 0 Å². The van der Waals surface area contributed by atoms with E-state index in [0.29, 0.717) is 18.9 Å². The molecule has 4 nitrogen and oxygen atoms in total. The van der Waals surface area contributed by atoms with Crippen LogP contribution in [0.5, 0.6) is 0 Å². The second kappa shape index (κ2) is 7.59. The van der Waals surface area contributed by atoms with E-state index in [2.05, 4.69) is 5.32 Å². The minimum absolute atomic E-state index is 0.00369. The van der Waals surface area contributed by atoms with Gasteiger partial charge in [-0.3, -0.25) is 9.59 Å². The zero-order chi connectivity index (χ0) is 17.9. The lowest BCUT2D eigenvalue weighted by Crippen LogP contribution is -2.46. The molecule has 1 N–H and O–H groups in total. The number of hydrogen-bond donors (Lipinski definition) is 1. The van der Waals surface area contributed by atoms with Crippen molar-refractivity contribution in [2.24, 2.45) is 5.92 Å². The Morgan fingerprint density at radius 1 is 1.16 bits per heavy atom. The van der Waals surface area contributed by atoms with Crippen molar-refractivity contribution in [3.8, 4) is 0 Å². The molecule has 0 aromatic heterocycles. The first-order valence-electron chi connectivity index (χ1n) is 9.61. The summed E-state index contributed by atoms with van der Waals surface area (Å²) in [5, 5.41) is 3.11. The first-order chi connectivity index (χ1) is 12.0. The fourth-order valence-electron chi connectivity index (χ4n) is 4.08. The number of amides is 2. The molecular formula is C21H30N2O2. The predicted octanol–water partition coefficient (Wildman–Crippen LogP) is 3.26. The van der Waals surface area contributed by atoms with E-state index in [9.17, 15) is 9.59 Å². The van der Waals surface area contributed by atoms with Gasteiger partial charge in [-0.05, 0) is 38.2 Å². The van der Waals surface area contributed by atoms with E-state index >= 15 is 0 Å². The maximum absolute atomic E-state index is 12.8. The van der Waals surface area contributed by atoms with E-state index in [1.54, 1.807) is 0 Å². The van der Waals surface area contributed by atoms with Crippen molar-refractivity contribution in [2.75, 3.05) is 13.1 Å². The van der Waals surface area contributed by atoms with Gasteiger partial charge in [-0.15, -0.1) is 0 Å². The lowest BCUT2D eigenvalue weighted by molar-refractivity contribution is -0.128. The van der Waals surface area contributed by atoms with E-state index < -0.39 is 5.41 Å². The van der Waals surface area contributed by atoms with Gasteiger partial charge in [-0.25, -0.2) is 0 Å². The number of carbonyl (C=O) groups is 2. The molecule has 1 aromatic carbocycles. The lowest BCUT2D eigenvalue weighted by atomic mass is 9.83. The molecule has 1 saturated heterocycles. The quantitative estimate of drug-likeness (QED) is 0.893. The van der Waals surface area contributed by atoms with Crippen molar-refractivity contribution >= 4 is 11.8 Å². The van der Waals surface area contributed by atoms with Crippen LogP contribution in [0.4, 0.5) is 0 Å². The largest absolute Gasteiger partial charge is 0.350 e. The number of carbonyl (C=O) groups excluding carboxylic acids is 2. The molecule has 1 aliphatic carbocycles. The Bertz CT molecular complexity index is 606. The van der Waals surface area contributed by atoms with Gasteiger partial charge in [0.25, 0.3) is 0 Å². The molecule has 2 amide bonds. The van der Waals surface area contributed by atoms with Crippen LogP contribution < -0.4 is 5.32 Å². The zero-order valence-electron chi connectivity index (χ0n) is 15.5. The first-order valence-corrected chi connectivity index (χ1v) is 9.61. The smallest absolute Gasteiger partial charge is 0.230 e. The topological polar surface area (TPSA) is 49.4 Å². The highest BCUT2D eigenvalue weighted by molar-refractivity contribution is 5.89. The summed E-state index contributed by atoms with van der Waals surface area (Å²) in [7, 11) is 0. The van der Waals surface area contributed by atoms with Gasteiger partial charge in [0.1, 0.15) is 0 Å². The summed E-state index contributed by atoms with van der Waals surface area (Å²) >= 11 is 0. The zero-order valence-corrected chi connectivity index (χ0v) is 15.5. The van der Waals surface area contributed by atoms with Crippen molar-refractivity contribution in [1.82, 2.24) is 10.2 Å². The van der Waals surface area contributed by atoms with Crippen molar-refractivity contribution < 1.29 is 9.59 Å². The van der Waals surface area contributed by atoms with Crippen LogP contribution in [0.1, 0.15) is 57.9 Å². The number of nitrogens with zero attached hydrogens (tertiary/aromatic N) is 1.